The summed E-state index contributed by atoms with van der Waals surface area (Å²) in [5.41, 5.74) is 0. The van der Waals surface area contributed by atoms with E-state index in [1.54, 1.807) is 0 Å². The summed E-state index contributed by atoms with van der Waals surface area (Å²) in [4.78, 5) is 32.4. The smallest absolute Gasteiger partial charge is 0.296 e. The third kappa shape index (κ3) is 2.30. The molecule has 1 rings (SSSR count). The Hall–Kier alpha value is -1.83. The Bertz CT molecular complexity index is 303. The molecule has 1 unspecified atom stereocenters. The summed E-state index contributed by atoms with van der Waals surface area (Å²) in [7, 11) is 0. The molecule has 0 aliphatic carbocycles. The monoisotopic (exact) mass is 180 g/mol. The molecule has 1 aliphatic rings. The van der Waals surface area contributed by atoms with Gasteiger partial charge in [-0.3, -0.25) is 19.7 Å². The number of hydrogen-bond donors (Lipinski definition) is 2. The lowest BCUT2D eigenvalue weighted by Gasteiger charge is -2.20. The van der Waals surface area contributed by atoms with Gasteiger partial charge in [-0.15, -0.1) is 6.42 Å². The van der Waals surface area contributed by atoms with Crippen LogP contribution in [-0.4, -0.2) is 23.8 Å². The van der Waals surface area contributed by atoms with Crippen LogP contribution >= 0.6 is 0 Å². The molecule has 0 aromatic carbocycles. The average Bonchev–Trinajstić information content (AvgIpc) is 2.09. The first-order valence-electron chi connectivity index (χ1n) is 3.74. The number of terminal acetylenes is 1. The minimum absolute atomic E-state index is 0.223. The number of carbonyl (C=O) groups excluding carboxylic acids is 3. The van der Waals surface area contributed by atoms with E-state index in [4.69, 9.17) is 6.42 Å². The molecule has 0 aromatic heterocycles. The fraction of sp³-hybridized carbons (Fsp3) is 0.375. The molecular formula is C8H8N2O3. The first-order valence-corrected chi connectivity index (χ1v) is 3.74. The SMILES string of the molecule is C#CC(=O)NC1CCC(=O)NC1=O. The molecular weight excluding hydrogens is 172 g/mol. The van der Waals surface area contributed by atoms with Crippen molar-refractivity contribution in [1.82, 2.24) is 10.6 Å². The summed E-state index contributed by atoms with van der Waals surface area (Å²) in [5.74, 6) is 0.362. The van der Waals surface area contributed by atoms with Crippen LogP contribution < -0.4 is 10.6 Å². The molecule has 2 N–H and O–H groups in total. The van der Waals surface area contributed by atoms with Gasteiger partial charge in [-0.2, -0.15) is 0 Å². The van der Waals surface area contributed by atoms with Gasteiger partial charge in [0.25, 0.3) is 5.91 Å². The fourth-order valence-electron chi connectivity index (χ4n) is 1.03. The normalized spacial score (nSPS) is 21.6. The van der Waals surface area contributed by atoms with Crippen molar-refractivity contribution < 1.29 is 14.4 Å². The van der Waals surface area contributed by atoms with Crippen LogP contribution in [0.1, 0.15) is 12.8 Å². The number of carbonyl (C=O) groups is 3. The van der Waals surface area contributed by atoms with E-state index in [9.17, 15) is 14.4 Å². The van der Waals surface area contributed by atoms with Crippen LogP contribution in [-0.2, 0) is 14.4 Å². The molecule has 1 saturated heterocycles. The highest BCUT2D eigenvalue weighted by Gasteiger charge is 2.27. The highest BCUT2D eigenvalue weighted by Crippen LogP contribution is 2.03. The van der Waals surface area contributed by atoms with Gasteiger partial charge < -0.3 is 5.32 Å². The predicted molar refractivity (Wildman–Crippen MR) is 43.1 cm³/mol. The largest absolute Gasteiger partial charge is 0.333 e. The first kappa shape index (κ1) is 9.26. The molecule has 1 aliphatic heterocycles. The maximum Gasteiger partial charge on any atom is 0.296 e. The van der Waals surface area contributed by atoms with Crippen molar-refractivity contribution in [3.63, 3.8) is 0 Å². The zero-order valence-electron chi connectivity index (χ0n) is 6.79. The van der Waals surface area contributed by atoms with Crippen molar-refractivity contribution in [2.24, 2.45) is 0 Å². The van der Waals surface area contributed by atoms with Crippen LogP contribution in [0.15, 0.2) is 0 Å². The maximum absolute atomic E-state index is 11.0. The standard InChI is InChI=1S/C8H8N2O3/c1-2-6(11)9-5-3-4-7(12)10-8(5)13/h1,5H,3-4H2,(H,9,11)(H,10,12,13). The Kier molecular flexibility index (Phi) is 2.65. The molecule has 1 heterocycles. The van der Waals surface area contributed by atoms with E-state index in [-0.39, 0.29) is 12.3 Å². The molecule has 3 amide bonds. The molecule has 0 spiro atoms. The molecule has 1 atom stereocenters. The Morgan fingerprint density at radius 2 is 2.31 bits per heavy atom. The number of piperidine rings is 1. The molecule has 0 radical (unpaired) electrons. The van der Waals surface area contributed by atoms with Crippen LogP contribution in [0, 0.1) is 12.3 Å². The van der Waals surface area contributed by atoms with Gasteiger partial charge in [0.2, 0.25) is 11.8 Å². The van der Waals surface area contributed by atoms with Crippen LogP contribution in [0.2, 0.25) is 0 Å². The van der Waals surface area contributed by atoms with Crippen molar-refractivity contribution >= 4 is 17.7 Å². The Labute approximate surface area is 74.9 Å². The van der Waals surface area contributed by atoms with Crippen molar-refractivity contribution in [1.29, 1.82) is 0 Å². The highest BCUT2D eigenvalue weighted by atomic mass is 16.2. The van der Waals surface area contributed by atoms with E-state index >= 15 is 0 Å². The van der Waals surface area contributed by atoms with Gasteiger partial charge in [0.1, 0.15) is 6.04 Å². The van der Waals surface area contributed by atoms with Gasteiger partial charge in [0.05, 0.1) is 0 Å². The first-order chi connectivity index (χ1) is 6.13. The predicted octanol–water partition coefficient (Wildman–Crippen LogP) is -1.46. The molecule has 5 nitrogen and oxygen atoms in total. The van der Waals surface area contributed by atoms with Crippen LogP contribution in [0.4, 0.5) is 0 Å². The number of rotatable bonds is 1. The van der Waals surface area contributed by atoms with Crippen molar-refractivity contribution in [2.75, 3.05) is 0 Å². The number of nitrogens with one attached hydrogen (secondary N) is 2. The number of amides is 3. The van der Waals surface area contributed by atoms with Gasteiger partial charge >= 0.3 is 0 Å². The lowest BCUT2D eigenvalue weighted by Crippen LogP contribution is -2.52. The second kappa shape index (κ2) is 3.72. The van der Waals surface area contributed by atoms with Crippen LogP contribution in [0.3, 0.4) is 0 Å². The van der Waals surface area contributed by atoms with Gasteiger partial charge in [0.15, 0.2) is 0 Å². The van der Waals surface area contributed by atoms with E-state index < -0.39 is 17.9 Å². The molecule has 13 heavy (non-hydrogen) atoms. The lowest BCUT2D eigenvalue weighted by molar-refractivity contribution is -0.136. The second-order valence-corrected chi connectivity index (χ2v) is 2.62. The third-order valence-electron chi connectivity index (χ3n) is 1.68. The summed E-state index contributed by atoms with van der Waals surface area (Å²) < 4.78 is 0. The van der Waals surface area contributed by atoms with Crippen molar-refractivity contribution in [3.05, 3.63) is 0 Å². The van der Waals surface area contributed by atoms with Crippen LogP contribution in [0.5, 0.6) is 0 Å². The molecule has 1 fully saturated rings. The minimum Gasteiger partial charge on any atom is -0.333 e. The lowest BCUT2D eigenvalue weighted by atomic mass is 10.1. The summed E-state index contributed by atoms with van der Waals surface area (Å²) in [6.07, 6.45) is 5.33. The fourth-order valence-corrected chi connectivity index (χ4v) is 1.03. The Morgan fingerprint density at radius 3 is 2.85 bits per heavy atom. The average molecular weight is 180 g/mol. The summed E-state index contributed by atoms with van der Waals surface area (Å²) >= 11 is 0. The maximum atomic E-state index is 11.0. The van der Waals surface area contributed by atoms with Gasteiger partial charge in [0, 0.05) is 6.42 Å². The van der Waals surface area contributed by atoms with E-state index in [1.807, 2.05) is 5.92 Å². The van der Waals surface area contributed by atoms with Gasteiger partial charge in [-0.25, -0.2) is 0 Å². The molecule has 5 heteroatoms. The van der Waals surface area contributed by atoms with E-state index in [1.165, 1.54) is 0 Å². The summed E-state index contributed by atoms with van der Waals surface area (Å²) in [5, 5.41) is 4.40. The molecule has 0 bridgehead atoms. The van der Waals surface area contributed by atoms with Gasteiger partial charge in [-0.05, 0) is 12.3 Å². The van der Waals surface area contributed by atoms with Gasteiger partial charge in [-0.1, -0.05) is 0 Å². The third-order valence-corrected chi connectivity index (χ3v) is 1.68. The second-order valence-electron chi connectivity index (χ2n) is 2.62. The number of hydrogen-bond acceptors (Lipinski definition) is 3. The van der Waals surface area contributed by atoms with Crippen molar-refractivity contribution in [2.45, 2.75) is 18.9 Å². The topological polar surface area (TPSA) is 75.3 Å². The molecule has 0 aromatic rings. The Balaban J connectivity index is 2.53. The quantitative estimate of drug-likeness (QED) is 0.382. The summed E-state index contributed by atoms with van der Waals surface area (Å²) in [6.45, 7) is 0. The Morgan fingerprint density at radius 1 is 1.62 bits per heavy atom. The summed E-state index contributed by atoms with van der Waals surface area (Å²) in [6, 6.07) is -0.679. The van der Waals surface area contributed by atoms with Crippen molar-refractivity contribution in [3.8, 4) is 12.3 Å². The zero-order chi connectivity index (χ0) is 9.84. The number of imide groups is 1. The minimum atomic E-state index is -0.679. The van der Waals surface area contributed by atoms with E-state index in [0.717, 1.165) is 0 Å². The van der Waals surface area contributed by atoms with E-state index in [0.29, 0.717) is 6.42 Å². The van der Waals surface area contributed by atoms with Crippen LogP contribution in [0.25, 0.3) is 0 Å². The molecule has 68 valence electrons. The molecule has 0 saturated carbocycles. The highest BCUT2D eigenvalue weighted by molar-refractivity contribution is 6.03. The zero-order valence-corrected chi connectivity index (χ0v) is 6.79. The van der Waals surface area contributed by atoms with E-state index in [2.05, 4.69) is 10.6 Å².